The molecule has 5 nitrogen and oxygen atoms in total. The van der Waals surface area contributed by atoms with Crippen LogP contribution in [0.25, 0.3) is 0 Å². The van der Waals surface area contributed by atoms with Crippen molar-refractivity contribution in [1.29, 1.82) is 0 Å². The fourth-order valence-corrected chi connectivity index (χ4v) is 8.38. The molecule has 0 aromatic heterocycles. The molecule has 0 amide bonds. The van der Waals surface area contributed by atoms with E-state index in [4.69, 9.17) is 4.84 Å². The first-order valence-electron chi connectivity index (χ1n) is 12.6. The number of hydroxylamine groups is 1. The van der Waals surface area contributed by atoms with Crippen LogP contribution in [0, 0.1) is 34.5 Å². The summed E-state index contributed by atoms with van der Waals surface area (Å²) in [7, 11) is 4.12. The minimum absolute atomic E-state index is 0.0386. The number of nitrogens with one attached hydrogen (secondary N) is 1. The van der Waals surface area contributed by atoms with Crippen LogP contribution in [0.5, 0.6) is 0 Å². The molecular formula is C25H46N2O3. The first-order chi connectivity index (χ1) is 14.2. The van der Waals surface area contributed by atoms with Gasteiger partial charge in [-0.25, -0.2) is 5.48 Å². The number of likely N-dealkylation sites (N-methyl/N-ethyl adjacent to an activating group) is 1. The lowest BCUT2D eigenvalue weighted by Gasteiger charge is -2.63. The zero-order valence-corrected chi connectivity index (χ0v) is 19.8. The lowest BCUT2D eigenvalue weighted by molar-refractivity contribution is -0.210. The highest BCUT2D eigenvalue weighted by atomic mass is 16.6. The van der Waals surface area contributed by atoms with Gasteiger partial charge in [0.15, 0.2) is 0 Å². The van der Waals surface area contributed by atoms with Gasteiger partial charge in [0, 0.05) is 13.1 Å². The molecule has 0 unspecified atom stereocenters. The van der Waals surface area contributed by atoms with E-state index in [2.05, 4.69) is 38.3 Å². The van der Waals surface area contributed by atoms with Crippen LogP contribution in [0.2, 0.25) is 0 Å². The fourth-order valence-electron chi connectivity index (χ4n) is 8.38. The van der Waals surface area contributed by atoms with E-state index in [1.54, 1.807) is 0 Å². The van der Waals surface area contributed by atoms with E-state index >= 15 is 0 Å². The molecule has 30 heavy (non-hydrogen) atoms. The van der Waals surface area contributed by atoms with Gasteiger partial charge < -0.3 is 20.0 Å². The van der Waals surface area contributed by atoms with Gasteiger partial charge in [0.1, 0.15) is 0 Å². The Bertz CT molecular complexity index is 601. The molecule has 4 aliphatic carbocycles. The molecule has 0 spiro atoms. The Hall–Kier alpha value is -0.200. The minimum Gasteiger partial charge on any atom is -0.393 e. The summed E-state index contributed by atoms with van der Waals surface area (Å²) >= 11 is 0. The van der Waals surface area contributed by atoms with Crippen LogP contribution < -0.4 is 5.48 Å². The Morgan fingerprint density at radius 3 is 2.57 bits per heavy atom. The zero-order valence-electron chi connectivity index (χ0n) is 19.8. The standard InChI is InChI=1S/C25H46N2O3/c1-23-11-8-20(28)17-19(23)5-6-22-21(23)9-12-24(2)18(7-13-25(22,24)29)10-14-26-30-16-15-27(3)4/h18-22,26,28-29H,5-17H2,1-4H3/t18-,19-,20+,21+,22-,23+,24-,25+/m1/s1. The smallest absolute Gasteiger partial charge is 0.0809 e. The molecule has 174 valence electrons. The lowest BCUT2D eigenvalue weighted by atomic mass is 9.43. The van der Waals surface area contributed by atoms with E-state index in [0.29, 0.717) is 35.7 Å². The minimum atomic E-state index is -0.504. The average Bonchev–Trinajstić information content (AvgIpc) is 2.96. The second-order valence-corrected chi connectivity index (χ2v) is 11.9. The van der Waals surface area contributed by atoms with Crippen molar-refractivity contribution in [3.05, 3.63) is 0 Å². The van der Waals surface area contributed by atoms with Crippen LogP contribution in [-0.2, 0) is 4.84 Å². The van der Waals surface area contributed by atoms with Crippen molar-refractivity contribution >= 4 is 0 Å². The van der Waals surface area contributed by atoms with Crippen molar-refractivity contribution in [3.8, 4) is 0 Å². The molecule has 4 fully saturated rings. The summed E-state index contributed by atoms with van der Waals surface area (Å²) in [5.74, 6) is 2.30. The van der Waals surface area contributed by atoms with Crippen molar-refractivity contribution in [3.63, 3.8) is 0 Å². The summed E-state index contributed by atoms with van der Waals surface area (Å²) in [6, 6.07) is 0. The Kier molecular flexibility index (Phi) is 6.61. The normalized spacial score (nSPS) is 48.3. The van der Waals surface area contributed by atoms with Crippen molar-refractivity contribution in [2.75, 3.05) is 33.8 Å². The maximum absolute atomic E-state index is 12.2. The number of rotatable bonds is 7. The number of hydrogen-bond donors (Lipinski definition) is 3. The SMILES string of the molecule is CN(C)CCONCC[C@H]1CC[C@]2(O)[C@@H]3CC[C@@H]4C[C@@H](O)CC[C@]4(C)[C@H]3CC[C@]12C. The Labute approximate surface area is 183 Å². The average molecular weight is 423 g/mol. The highest BCUT2D eigenvalue weighted by Gasteiger charge is 2.66. The van der Waals surface area contributed by atoms with Gasteiger partial charge in [-0.05, 0) is 113 Å². The highest BCUT2D eigenvalue weighted by Crippen LogP contribution is 2.69. The third-order valence-electron chi connectivity index (χ3n) is 10.4. The van der Waals surface area contributed by atoms with Crippen molar-refractivity contribution in [1.82, 2.24) is 10.4 Å². The van der Waals surface area contributed by atoms with Gasteiger partial charge in [-0.1, -0.05) is 13.8 Å². The molecule has 0 radical (unpaired) electrons. The highest BCUT2D eigenvalue weighted by molar-refractivity contribution is 5.16. The van der Waals surface area contributed by atoms with Crippen molar-refractivity contribution < 1.29 is 15.1 Å². The van der Waals surface area contributed by atoms with E-state index < -0.39 is 5.60 Å². The van der Waals surface area contributed by atoms with Crippen molar-refractivity contribution in [2.24, 2.45) is 34.5 Å². The number of aliphatic hydroxyl groups is 2. The predicted molar refractivity (Wildman–Crippen MR) is 120 cm³/mol. The van der Waals surface area contributed by atoms with Gasteiger partial charge in [0.25, 0.3) is 0 Å². The predicted octanol–water partition coefficient (Wildman–Crippen LogP) is 3.59. The summed E-state index contributed by atoms with van der Waals surface area (Å²) in [6.45, 7) is 7.39. The Morgan fingerprint density at radius 2 is 1.80 bits per heavy atom. The molecule has 4 saturated carbocycles. The number of hydrogen-bond acceptors (Lipinski definition) is 5. The van der Waals surface area contributed by atoms with E-state index in [9.17, 15) is 10.2 Å². The molecule has 0 heterocycles. The second kappa shape index (κ2) is 8.62. The van der Waals surface area contributed by atoms with E-state index in [0.717, 1.165) is 64.5 Å². The van der Waals surface area contributed by atoms with Gasteiger partial charge >= 0.3 is 0 Å². The largest absolute Gasteiger partial charge is 0.393 e. The van der Waals surface area contributed by atoms with Gasteiger partial charge in [-0.15, -0.1) is 0 Å². The van der Waals surface area contributed by atoms with Crippen LogP contribution in [0.4, 0.5) is 0 Å². The monoisotopic (exact) mass is 422 g/mol. The summed E-state index contributed by atoms with van der Waals surface area (Å²) in [5, 5.41) is 22.4. The summed E-state index contributed by atoms with van der Waals surface area (Å²) in [6.07, 6.45) is 11.0. The molecule has 4 rings (SSSR count). The Balaban J connectivity index is 1.39. The van der Waals surface area contributed by atoms with E-state index in [1.165, 1.54) is 12.8 Å². The maximum Gasteiger partial charge on any atom is 0.0809 e. The topological polar surface area (TPSA) is 65.0 Å². The van der Waals surface area contributed by atoms with Crippen molar-refractivity contribution in [2.45, 2.75) is 89.8 Å². The third kappa shape index (κ3) is 3.77. The quantitative estimate of drug-likeness (QED) is 0.432. The number of aliphatic hydroxyl groups excluding tert-OH is 1. The van der Waals surface area contributed by atoms with Crippen LogP contribution in [0.15, 0.2) is 0 Å². The summed E-state index contributed by atoms with van der Waals surface area (Å²) in [5.41, 5.74) is 3.02. The third-order valence-corrected chi connectivity index (χ3v) is 10.4. The molecule has 4 aliphatic rings. The van der Waals surface area contributed by atoms with Gasteiger partial charge in [0.2, 0.25) is 0 Å². The maximum atomic E-state index is 12.2. The molecular weight excluding hydrogens is 376 g/mol. The first-order valence-corrected chi connectivity index (χ1v) is 12.6. The van der Waals surface area contributed by atoms with Gasteiger partial charge in [-0.2, -0.15) is 0 Å². The zero-order chi connectivity index (χ0) is 21.6. The first kappa shape index (κ1) is 23.0. The fraction of sp³-hybridized carbons (Fsp3) is 1.00. The van der Waals surface area contributed by atoms with Crippen LogP contribution >= 0.6 is 0 Å². The molecule has 0 bridgehead atoms. The van der Waals surface area contributed by atoms with E-state index in [1.807, 2.05) is 0 Å². The van der Waals surface area contributed by atoms with Crippen LogP contribution in [-0.4, -0.2) is 60.6 Å². The Morgan fingerprint density at radius 1 is 1.00 bits per heavy atom. The van der Waals surface area contributed by atoms with Gasteiger partial charge in [0.05, 0.1) is 18.3 Å². The number of fused-ring (bicyclic) bond motifs is 5. The molecule has 0 aromatic carbocycles. The number of nitrogens with zero attached hydrogens (tertiary/aromatic N) is 1. The molecule has 8 atom stereocenters. The van der Waals surface area contributed by atoms with Crippen LogP contribution in [0.1, 0.15) is 78.1 Å². The molecule has 0 saturated heterocycles. The lowest BCUT2D eigenvalue weighted by Crippen LogP contribution is -2.62. The van der Waals surface area contributed by atoms with E-state index in [-0.39, 0.29) is 11.5 Å². The van der Waals surface area contributed by atoms with Crippen LogP contribution in [0.3, 0.4) is 0 Å². The van der Waals surface area contributed by atoms with Gasteiger partial charge in [-0.3, -0.25) is 0 Å². The summed E-state index contributed by atoms with van der Waals surface area (Å²) in [4.78, 5) is 7.72. The molecule has 0 aliphatic heterocycles. The molecule has 0 aromatic rings. The molecule has 5 heteroatoms. The summed E-state index contributed by atoms with van der Waals surface area (Å²) < 4.78 is 0. The second-order valence-electron chi connectivity index (χ2n) is 11.9. The molecule has 3 N–H and O–H groups in total.